The smallest absolute Gasteiger partial charge is 0.312 e. The van der Waals surface area contributed by atoms with E-state index in [2.05, 4.69) is 13.8 Å². The van der Waals surface area contributed by atoms with E-state index < -0.39 is 17.0 Å². The maximum Gasteiger partial charge on any atom is 0.312 e. The summed E-state index contributed by atoms with van der Waals surface area (Å²) in [5, 5.41) is 19.8. The van der Waals surface area contributed by atoms with Gasteiger partial charge in [0, 0.05) is 0 Å². The van der Waals surface area contributed by atoms with E-state index in [9.17, 15) is 15.0 Å². The molecule has 1 aliphatic carbocycles. The van der Waals surface area contributed by atoms with Crippen molar-refractivity contribution >= 4 is 5.97 Å². The lowest BCUT2D eigenvalue weighted by Crippen LogP contribution is -2.62. The molecule has 0 spiro atoms. The Hall–Kier alpha value is -0.570. The number of aliphatic carboxylic acids is 1. The van der Waals surface area contributed by atoms with Crippen LogP contribution in [0.2, 0.25) is 0 Å². The zero-order chi connectivity index (χ0) is 11.9. The molecule has 0 aliphatic heterocycles. The third kappa shape index (κ3) is 1.67. The van der Waals surface area contributed by atoms with Crippen molar-refractivity contribution in [3.8, 4) is 0 Å². The normalized spacial score (nSPS) is 23.3. The van der Waals surface area contributed by atoms with Crippen molar-refractivity contribution in [1.29, 1.82) is 0 Å². The average Bonchev–Trinajstić information content (AvgIpc) is 2.11. The number of rotatable bonds is 4. The van der Waals surface area contributed by atoms with Crippen LogP contribution < -0.4 is 0 Å². The first kappa shape index (κ1) is 12.5. The molecule has 2 N–H and O–H groups in total. The molecule has 88 valence electrons. The van der Waals surface area contributed by atoms with Crippen LogP contribution >= 0.6 is 0 Å². The molecule has 1 saturated carbocycles. The number of carbonyl (C=O) groups is 1. The molecule has 0 unspecified atom stereocenters. The van der Waals surface area contributed by atoms with Gasteiger partial charge in [0.05, 0.1) is 11.0 Å². The second-order valence-electron chi connectivity index (χ2n) is 5.64. The first-order valence-corrected chi connectivity index (χ1v) is 5.69. The van der Waals surface area contributed by atoms with Gasteiger partial charge in [0.15, 0.2) is 0 Å². The second-order valence-corrected chi connectivity index (χ2v) is 5.64. The molecular weight excluding hydrogens is 192 g/mol. The van der Waals surface area contributed by atoms with Crippen molar-refractivity contribution in [1.82, 2.24) is 0 Å². The summed E-state index contributed by atoms with van der Waals surface area (Å²) in [5.74, 6) is -0.840. The minimum absolute atomic E-state index is 0.0523. The van der Waals surface area contributed by atoms with Crippen molar-refractivity contribution in [2.75, 3.05) is 0 Å². The molecule has 0 saturated heterocycles. The van der Waals surface area contributed by atoms with Gasteiger partial charge < -0.3 is 10.2 Å². The highest BCUT2D eigenvalue weighted by Gasteiger charge is 2.64. The van der Waals surface area contributed by atoms with Crippen molar-refractivity contribution in [3.63, 3.8) is 0 Å². The van der Waals surface area contributed by atoms with Crippen molar-refractivity contribution in [2.24, 2.45) is 10.8 Å². The van der Waals surface area contributed by atoms with Crippen molar-refractivity contribution in [3.05, 3.63) is 0 Å². The number of hydrogen-bond donors (Lipinski definition) is 2. The zero-order valence-corrected chi connectivity index (χ0v) is 10.1. The van der Waals surface area contributed by atoms with Crippen LogP contribution in [0, 0.1) is 10.8 Å². The Bertz CT molecular complexity index is 256. The Morgan fingerprint density at radius 3 is 1.87 bits per heavy atom. The Labute approximate surface area is 91.5 Å². The van der Waals surface area contributed by atoms with Crippen LogP contribution in [0.5, 0.6) is 0 Å². The van der Waals surface area contributed by atoms with E-state index in [4.69, 9.17) is 0 Å². The number of carboxylic acid groups (broad SMARTS) is 1. The van der Waals surface area contributed by atoms with Gasteiger partial charge in [-0.2, -0.15) is 0 Å². The van der Waals surface area contributed by atoms with Crippen LogP contribution in [0.3, 0.4) is 0 Å². The van der Waals surface area contributed by atoms with Gasteiger partial charge in [0.25, 0.3) is 0 Å². The molecule has 1 rings (SSSR count). The average molecular weight is 214 g/mol. The molecule has 0 radical (unpaired) electrons. The molecule has 0 amide bonds. The summed E-state index contributed by atoms with van der Waals surface area (Å²) in [4.78, 5) is 11.4. The predicted octanol–water partition coefficient (Wildman–Crippen LogP) is 2.43. The molecule has 0 bridgehead atoms. The van der Waals surface area contributed by atoms with Crippen LogP contribution in [-0.4, -0.2) is 21.8 Å². The van der Waals surface area contributed by atoms with Gasteiger partial charge in [-0.05, 0) is 31.1 Å². The van der Waals surface area contributed by atoms with Gasteiger partial charge in [-0.1, -0.05) is 27.7 Å². The Balaban J connectivity index is 3.00. The summed E-state index contributed by atoms with van der Waals surface area (Å²) in [6.07, 6.45) is 2.17. The summed E-state index contributed by atoms with van der Waals surface area (Å²) in [7, 11) is 0. The lowest BCUT2D eigenvalue weighted by molar-refractivity contribution is -0.207. The Morgan fingerprint density at radius 2 is 1.67 bits per heavy atom. The highest BCUT2D eigenvalue weighted by Crippen LogP contribution is 2.61. The monoisotopic (exact) mass is 214 g/mol. The molecule has 0 heterocycles. The van der Waals surface area contributed by atoms with Gasteiger partial charge in [-0.3, -0.25) is 4.79 Å². The van der Waals surface area contributed by atoms with E-state index in [1.54, 1.807) is 0 Å². The Morgan fingerprint density at radius 1 is 1.27 bits per heavy atom. The maximum absolute atomic E-state index is 11.4. The number of hydrogen-bond acceptors (Lipinski definition) is 2. The second kappa shape index (κ2) is 3.48. The van der Waals surface area contributed by atoms with E-state index >= 15 is 0 Å². The van der Waals surface area contributed by atoms with E-state index in [0.29, 0.717) is 25.7 Å². The lowest BCUT2D eigenvalue weighted by Gasteiger charge is -2.57. The maximum atomic E-state index is 11.4. The van der Waals surface area contributed by atoms with Gasteiger partial charge >= 0.3 is 5.97 Å². The van der Waals surface area contributed by atoms with Gasteiger partial charge in [0.1, 0.15) is 0 Å². The van der Waals surface area contributed by atoms with E-state index in [-0.39, 0.29) is 5.41 Å². The quantitative estimate of drug-likeness (QED) is 0.755. The van der Waals surface area contributed by atoms with Crippen molar-refractivity contribution in [2.45, 2.75) is 59.0 Å². The standard InChI is InChI=1S/C12H22O3/c1-5-12(15,6-2)11(9(13)14)7-10(3,4)8-11/h15H,5-8H2,1-4H3,(H,13,14). The van der Waals surface area contributed by atoms with Gasteiger partial charge in [0.2, 0.25) is 0 Å². The highest BCUT2D eigenvalue weighted by atomic mass is 16.4. The number of carboxylic acids is 1. The topological polar surface area (TPSA) is 57.5 Å². The third-order valence-electron chi connectivity index (χ3n) is 4.03. The molecule has 0 aromatic rings. The first-order valence-electron chi connectivity index (χ1n) is 5.69. The summed E-state index contributed by atoms with van der Waals surface area (Å²) in [6, 6.07) is 0. The number of aliphatic hydroxyl groups is 1. The van der Waals surface area contributed by atoms with E-state index in [1.807, 2.05) is 13.8 Å². The van der Waals surface area contributed by atoms with Crippen LogP contribution in [0.25, 0.3) is 0 Å². The zero-order valence-electron chi connectivity index (χ0n) is 10.1. The molecule has 15 heavy (non-hydrogen) atoms. The predicted molar refractivity (Wildman–Crippen MR) is 58.6 cm³/mol. The Kier molecular flexibility index (Phi) is 2.90. The summed E-state index contributed by atoms with van der Waals surface area (Å²) in [6.45, 7) is 7.83. The van der Waals surface area contributed by atoms with Gasteiger partial charge in [-0.25, -0.2) is 0 Å². The van der Waals surface area contributed by atoms with Crippen LogP contribution in [-0.2, 0) is 4.79 Å². The fourth-order valence-corrected chi connectivity index (χ4v) is 3.19. The SMILES string of the molecule is CCC(O)(CC)C1(C(=O)O)CC(C)(C)C1. The molecule has 3 heteroatoms. The van der Waals surface area contributed by atoms with Crippen LogP contribution in [0.4, 0.5) is 0 Å². The molecule has 3 nitrogen and oxygen atoms in total. The highest BCUT2D eigenvalue weighted by molar-refractivity contribution is 5.78. The molecule has 0 aromatic heterocycles. The van der Waals surface area contributed by atoms with E-state index in [0.717, 1.165) is 0 Å². The van der Waals surface area contributed by atoms with Gasteiger partial charge in [-0.15, -0.1) is 0 Å². The van der Waals surface area contributed by atoms with Crippen LogP contribution in [0.15, 0.2) is 0 Å². The van der Waals surface area contributed by atoms with E-state index in [1.165, 1.54) is 0 Å². The summed E-state index contributed by atoms with van der Waals surface area (Å²) in [5.41, 5.74) is -1.91. The third-order valence-corrected chi connectivity index (χ3v) is 4.03. The minimum atomic E-state index is -1.05. The molecule has 0 atom stereocenters. The van der Waals surface area contributed by atoms with Crippen molar-refractivity contribution < 1.29 is 15.0 Å². The molecular formula is C12H22O3. The summed E-state index contributed by atoms with van der Waals surface area (Å²) >= 11 is 0. The summed E-state index contributed by atoms with van der Waals surface area (Å²) < 4.78 is 0. The lowest BCUT2D eigenvalue weighted by atomic mass is 9.47. The molecule has 1 fully saturated rings. The molecule has 0 aromatic carbocycles. The minimum Gasteiger partial charge on any atom is -0.481 e. The first-order chi connectivity index (χ1) is 6.73. The van der Waals surface area contributed by atoms with Crippen LogP contribution in [0.1, 0.15) is 53.4 Å². The fraction of sp³-hybridized carbons (Fsp3) is 0.917. The largest absolute Gasteiger partial charge is 0.481 e. The fourth-order valence-electron chi connectivity index (χ4n) is 3.19. The molecule has 1 aliphatic rings.